The van der Waals surface area contributed by atoms with Crippen molar-refractivity contribution in [2.24, 2.45) is 0 Å². The number of nitriles is 1. The summed E-state index contributed by atoms with van der Waals surface area (Å²) in [4.78, 5) is 4.31. The van der Waals surface area contributed by atoms with E-state index in [1.807, 2.05) is 19.1 Å². The molecule has 1 aromatic carbocycles. The SMILES string of the molecule is Cc1cc(I)c(Nc2cc(NC3CC3)c3ncc(C#N)n3n2)cc1NS(C)(=O)=O. The molecule has 1 aliphatic carbocycles. The molecule has 0 amide bonds. The Labute approximate surface area is 181 Å². The molecule has 11 heteroatoms. The van der Waals surface area contributed by atoms with Crippen molar-refractivity contribution in [1.82, 2.24) is 14.6 Å². The van der Waals surface area contributed by atoms with E-state index in [1.165, 1.54) is 10.7 Å². The van der Waals surface area contributed by atoms with E-state index in [4.69, 9.17) is 0 Å². The van der Waals surface area contributed by atoms with Crippen LogP contribution in [0.4, 0.5) is 22.9 Å². The van der Waals surface area contributed by atoms with E-state index in [0.717, 1.165) is 33.9 Å². The fraction of sp³-hybridized carbons (Fsp3) is 0.278. The van der Waals surface area contributed by atoms with Gasteiger partial charge in [-0.1, -0.05) is 0 Å². The van der Waals surface area contributed by atoms with Crippen LogP contribution in [0, 0.1) is 21.8 Å². The second-order valence-corrected chi connectivity index (χ2v) is 9.91. The van der Waals surface area contributed by atoms with Crippen LogP contribution < -0.4 is 15.4 Å². The Kier molecular flexibility index (Phi) is 4.99. The molecular formula is C18H18IN7O2S. The van der Waals surface area contributed by atoms with Gasteiger partial charge in [-0.15, -0.1) is 5.10 Å². The first-order chi connectivity index (χ1) is 13.7. The number of halogens is 1. The van der Waals surface area contributed by atoms with Crippen LogP contribution in [0.15, 0.2) is 24.4 Å². The van der Waals surface area contributed by atoms with Crippen LogP contribution >= 0.6 is 22.6 Å². The van der Waals surface area contributed by atoms with Crippen molar-refractivity contribution in [3.8, 4) is 6.07 Å². The molecule has 1 fully saturated rings. The third-order valence-electron chi connectivity index (χ3n) is 4.39. The highest BCUT2D eigenvalue weighted by Crippen LogP contribution is 2.32. The van der Waals surface area contributed by atoms with Crippen LogP contribution in [-0.2, 0) is 10.0 Å². The summed E-state index contributed by atoms with van der Waals surface area (Å²) in [6.45, 7) is 1.84. The average molecular weight is 523 g/mol. The predicted octanol–water partition coefficient (Wildman–Crippen LogP) is 3.20. The lowest BCUT2D eigenvalue weighted by atomic mass is 10.2. The van der Waals surface area contributed by atoms with E-state index in [1.54, 1.807) is 6.07 Å². The van der Waals surface area contributed by atoms with Gasteiger partial charge in [-0.05, 0) is 60.1 Å². The molecule has 0 bridgehead atoms. The van der Waals surface area contributed by atoms with Crippen LogP contribution in [-0.4, -0.2) is 35.3 Å². The molecule has 0 saturated heterocycles. The molecule has 0 spiro atoms. The number of hydrogen-bond acceptors (Lipinski definition) is 7. The minimum atomic E-state index is -3.40. The summed E-state index contributed by atoms with van der Waals surface area (Å²) < 4.78 is 28.2. The van der Waals surface area contributed by atoms with Gasteiger partial charge in [0.05, 0.1) is 29.5 Å². The van der Waals surface area contributed by atoms with Crippen molar-refractivity contribution in [2.45, 2.75) is 25.8 Å². The van der Waals surface area contributed by atoms with Crippen molar-refractivity contribution in [2.75, 3.05) is 21.6 Å². The number of rotatable bonds is 6. The van der Waals surface area contributed by atoms with Crippen LogP contribution in [0.1, 0.15) is 24.1 Å². The van der Waals surface area contributed by atoms with Gasteiger partial charge in [0.1, 0.15) is 6.07 Å². The molecule has 0 atom stereocenters. The number of aryl methyl sites for hydroxylation is 1. The lowest BCUT2D eigenvalue weighted by molar-refractivity contribution is 0.607. The van der Waals surface area contributed by atoms with Gasteiger partial charge >= 0.3 is 0 Å². The quantitative estimate of drug-likeness (QED) is 0.424. The molecule has 150 valence electrons. The summed E-state index contributed by atoms with van der Waals surface area (Å²) in [6.07, 6.45) is 4.80. The lowest BCUT2D eigenvalue weighted by Crippen LogP contribution is -2.11. The molecule has 3 N–H and O–H groups in total. The molecule has 2 heterocycles. The largest absolute Gasteiger partial charge is 0.379 e. The van der Waals surface area contributed by atoms with Crippen molar-refractivity contribution in [3.63, 3.8) is 0 Å². The van der Waals surface area contributed by atoms with Gasteiger partial charge in [-0.2, -0.15) is 9.78 Å². The molecule has 3 aromatic rings. The van der Waals surface area contributed by atoms with Crippen LogP contribution in [0.3, 0.4) is 0 Å². The smallest absolute Gasteiger partial charge is 0.229 e. The van der Waals surface area contributed by atoms with Gasteiger partial charge in [0, 0.05) is 15.7 Å². The van der Waals surface area contributed by atoms with Crippen molar-refractivity contribution < 1.29 is 8.42 Å². The van der Waals surface area contributed by atoms with E-state index < -0.39 is 10.0 Å². The molecule has 9 nitrogen and oxygen atoms in total. The summed E-state index contributed by atoms with van der Waals surface area (Å²) in [5.74, 6) is 0.516. The first-order valence-corrected chi connectivity index (χ1v) is 11.8. The number of anilines is 4. The molecule has 1 aliphatic rings. The topological polar surface area (TPSA) is 124 Å². The van der Waals surface area contributed by atoms with E-state index in [9.17, 15) is 13.7 Å². The molecular weight excluding hydrogens is 505 g/mol. The minimum Gasteiger partial charge on any atom is -0.379 e. The van der Waals surface area contributed by atoms with E-state index in [0.29, 0.717) is 34.6 Å². The average Bonchev–Trinajstić information content (AvgIpc) is 3.34. The fourth-order valence-electron chi connectivity index (χ4n) is 2.88. The maximum atomic E-state index is 11.7. The van der Waals surface area contributed by atoms with Gasteiger partial charge in [0.25, 0.3) is 0 Å². The highest BCUT2D eigenvalue weighted by Gasteiger charge is 2.23. The Balaban J connectivity index is 1.75. The predicted molar refractivity (Wildman–Crippen MR) is 120 cm³/mol. The minimum absolute atomic E-state index is 0.334. The van der Waals surface area contributed by atoms with Crippen molar-refractivity contribution in [1.29, 1.82) is 5.26 Å². The Bertz CT molecular complexity index is 1260. The van der Waals surface area contributed by atoms with Crippen molar-refractivity contribution >= 4 is 61.1 Å². The van der Waals surface area contributed by atoms with Crippen LogP contribution in [0.2, 0.25) is 0 Å². The van der Waals surface area contributed by atoms with Gasteiger partial charge in [0.15, 0.2) is 17.2 Å². The second kappa shape index (κ2) is 7.34. The van der Waals surface area contributed by atoms with Gasteiger partial charge in [-0.25, -0.2) is 13.4 Å². The number of hydrogen-bond donors (Lipinski definition) is 3. The maximum absolute atomic E-state index is 11.7. The molecule has 1 saturated carbocycles. The first-order valence-electron chi connectivity index (χ1n) is 8.84. The monoisotopic (exact) mass is 523 g/mol. The standard InChI is InChI=1S/C18H18IN7O2S/c1-10-5-13(19)15(6-14(10)25-29(2,27)28)23-17-7-16(22-11-3-4-11)18-21-9-12(8-20)26(18)24-17/h5-7,9,11,22,25H,3-4H2,1-2H3,(H,23,24). The number of nitrogens with zero attached hydrogens (tertiary/aromatic N) is 4. The third kappa shape index (κ3) is 4.38. The van der Waals surface area contributed by atoms with E-state index in [-0.39, 0.29) is 0 Å². The lowest BCUT2D eigenvalue weighted by Gasteiger charge is -2.15. The molecule has 0 unspecified atom stereocenters. The summed E-state index contributed by atoms with van der Waals surface area (Å²) >= 11 is 2.18. The zero-order chi connectivity index (χ0) is 20.8. The number of benzene rings is 1. The third-order valence-corrected chi connectivity index (χ3v) is 5.87. The number of sulfonamides is 1. The number of fused-ring (bicyclic) bond motifs is 1. The Morgan fingerprint density at radius 1 is 1.24 bits per heavy atom. The summed E-state index contributed by atoms with van der Waals surface area (Å²) in [5.41, 5.74) is 3.73. The van der Waals surface area contributed by atoms with Crippen LogP contribution in [0.5, 0.6) is 0 Å². The van der Waals surface area contributed by atoms with Crippen molar-refractivity contribution in [3.05, 3.63) is 39.2 Å². The normalized spacial score (nSPS) is 13.9. The molecule has 0 radical (unpaired) electrons. The molecule has 2 aromatic heterocycles. The Morgan fingerprint density at radius 2 is 2.00 bits per heavy atom. The zero-order valence-corrected chi connectivity index (χ0v) is 18.7. The molecule has 0 aliphatic heterocycles. The van der Waals surface area contributed by atoms with Gasteiger partial charge in [0.2, 0.25) is 10.0 Å². The second-order valence-electron chi connectivity index (χ2n) is 7.00. The van der Waals surface area contributed by atoms with Gasteiger partial charge < -0.3 is 10.6 Å². The molecule has 29 heavy (non-hydrogen) atoms. The van der Waals surface area contributed by atoms with Gasteiger partial charge in [-0.3, -0.25) is 4.72 Å². The van der Waals surface area contributed by atoms with E-state index >= 15 is 0 Å². The first kappa shape index (κ1) is 19.7. The maximum Gasteiger partial charge on any atom is 0.229 e. The highest BCUT2D eigenvalue weighted by atomic mass is 127. The summed E-state index contributed by atoms with van der Waals surface area (Å²) in [6, 6.07) is 7.97. The zero-order valence-electron chi connectivity index (χ0n) is 15.7. The number of imidazole rings is 1. The molecule has 4 rings (SSSR count). The fourth-order valence-corrected chi connectivity index (χ4v) is 4.25. The number of nitrogens with one attached hydrogen (secondary N) is 3. The Morgan fingerprint density at radius 3 is 2.66 bits per heavy atom. The summed E-state index contributed by atoms with van der Waals surface area (Å²) in [5, 5.41) is 20.5. The highest BCUT2D eigenvalue weighted by molar-refractivity contribution is 14.1. The Hall–Kier alpha value is -2.59. The van der Waals surface area contributed by atoms with E-state index in [2.05, 4.69) is 54.1 Å². The van der Waals surface area contributed by atoms with Crippen LogP contribution in [0.25, 0.3) is 5.65 Å². The number of aromatic nitrogens is 3. The summed E-state index contributed by atoms with van der Waals surface area (Å²) in [7, 11) is -3.40.